The van der Waals surface area contributed by atoms with Gasteiger partial charge in [-0.3, -0.25) is 9.78 Å². The number of nitrogens with zero attached hydrogens (tertiary/aromatic N) is 6. The van der Waals surface area contributed by atoms with Gasteiger partial charge in [-0.1, -0.05) is 12.1 Å². The fraction of sp³-hybridized carbons (Fsp3) is 0.235. The summed E-state index contributed by atoms with van der Waals surface area (Å²) in [5.74, 6) is 1.13. The Hall–Kier alpha value is -3.49. The number of benzene rings is 1. The number of hydrogen-bond acceptors (Lipinski definition) is 7. The summed E-state index contributed by atoms with van der Waals surface area (Å²) in [5, 5.41) is 6.71. The van der Waals surface area contributed by atoms with E-state index < -0.39 is 0 Å². The summed E-state index contributed by atoms with van der Waals surface area (Å²) >= 11 is 0. The van der Waals surface area contributed by atoms with Crippen LogP contribution in [0, 0.1) is 0 Å². The number of carbonyl (C=O) groups excluding carboxylic acids is 1. The predicted molar refractivity (Wildman–Crippen MR) is 96.4 cm³/mol. The molecule has 4 rings (SSSR count). The Morgan fingerprint density at radius 2 is 1.85 bits per heavy atom. The summed E-state index contributed by atoms with van der Waals surface area (Å²) < 4.78 is 0. The number of aromatic nitrogens is 5. The van der Waals surface area contributed by atoms with Gasteiger partial charge in [0.15, 0.2) is 0 Å². The molecule has 9 nitrogen and oxygen atoms in total. The first-order valence-corrected chi connectivity index (χ1v) is 8.28. The topological polar surface area (TPSA) is 117 Å². The molecule has 1 fully saturated rings. The van der Waals surface area contributed by atoms with Gasteiger partial charge in [-0.25, -0.2) is 10.1 Å². The lowest BCUT2D eigenvalue weighted by atomic mass is 10.1. The first-order chi connectivity index (χ1) is 12.7. The number of nitrogen functional groups attached to an aromatic ring is 1. The third kappa shape index (κ3) is 3.18. The van der Waals surface area contributed by atoms with Crippen molar-refractivity contribution in [1.29, 1.82) is 0 Å². The van der Waals surface area contributed by atoms with Crippen LogP contribution in [0.5, 0.6) is 0 Å². The number of rotatable bonds is 3. The quantitative estimate of drug-likeness (QED) is 0.717. The van der Waals surface area contributed by atoms with Gasteiger partial charge in [0, 0.05) is 37.3 Å². The monoisotopic (exact) mass is 350 g/mol. The van der Waals surface area contributed by atoms with Gasteiger partial charge in [0.1, 0.15) is 12.1 Å². The minimum atomic E-state index is 0.0208. The highest BCUT2D eigenvalue weighted by atomic mass is 16.2. The van der Waals surface area contributed by atoms with E-state index in [9.17, 15) is 4.79 Å². The number of H-pyrrole nitrogens is 1. The lowest BCUT2D eigenvalue weighted by Gasteiger charge is -2.34. The van der Waals surface area contributed by atoms with E-state index in [0.29, 0.717) is 30.2 Å². The molecule has 3 heterocycles. The standard InChI is InChI=1S/C17H18N8O/c18-15-10-19-9-14(22-15)12-1-3-13(4-2-12)16(26)24-5-7-25(8-6-24)17-20-11-21-23-17/h1-4,9-11H,5-8H2,(H2,18,22)(H,20,21,23). The first-order valence-electron chi connectivity index (χ1n) is 8.28. The van der Waals surface area contributed by atoms with E-state index in [4.69, 9.17) is 5.73 Å². The van der Waals surface area contributed by atoms with Gasteiger partial charge >= 0.3 is 0 Å². The maximum Gasteiger partial charge on any atom is 0.253 e. The first kappa shape index (κ1) is 16.0. The highest BCUT2D eigenvalue weighted by Gasteiger charge is 2.23. The average molecular weight is 350 g/mol. The van der Waals surface area contributed by atoms with Crippen molar-refractivity contribution >= 4 is 17.7 Å². The van der Waals surface area contributed by atoms with Crippen molar-refractivity contribution in [3.63, 3.8) is 0 Å². The van der Waals surface area contributed by atoms with E-state index in [2.05, 4.69) is 30.0 Å². The summed E-state index contributed by atoms with van der Waals surface area (Å²) in [6.45, 7) is 2.72. The van der Waals surface area contributed by atoms with Gasteiger partial charge in [0.25, 0.3) is 5.91 Å². The lowest BCUT2D eigenvalue weighted by Crippen LogP contribution is -2.49. The molecular formula is C17H18N8O. The van der Waals surface area contributed by atoms with Gasteiger partial charge in [-0.2, -0.15) is 10.1 Å². The number of hydrogen-bond donors (Lipinski definition) is 2. The van der Waals surface area contributed by atoms with Crippen LogP contribution in [0.3, 0.4) is 0 Å². The molecule has 9 heteroatoms. The molecule has 132 valence electrons. The summed E-state index contributed by atoms with van der Waals surface area (Å²) in [7, 11) is 0. The van der Waals surface area contributed by atoms with E-state index in [-0.39, 0.29) is 5.91 Å². The minimum Gasteiger partial charge on any atom is -0.382 e. The van der Waals surface area contributed by atoms with E-state index in [1.807, 2.05) is 29.2 Å². The Bertz CT molecular complexity index is 885. The van der Waals surface area contributed by atoms with E-state index >= 15 is 0 Å². The van der Waals surface area contributed by atoms with Crippen LogP contribution in [0.15, 0.2) is 43.0 Å². The van der Waals surface area contributed by atoms with Gasteiger partial charge in [-0.05, 0) is 12.1 Å². The second-order valence-electron chi connectivity index (χ2n) is 5.99. The predicted octanol–water partition coefficient (Wildman–Crippen LogP) is 0.806. The summed E-state index contributed by atoms with van der Waals surface area (Å²) in [4.78, 5) is 29.1. The van der Waals surface area contributed by atoms with Crippen molar-refractivity contribution in [3.8, 4) is 11.3 Å². The van der Waals surface area contributed by atoms with Crippen LogP contribution in [0.25, 0.3) is 11.3 Å². The van der Waals surface area contributed by atoms with E-state index in [1.165, 1.54) is 12.5 Å². The third-order valence-corrected chi connectivity index (χ3v) is 4.35. The summed E-state index contributed by atoms with van der Waals surface area (Å²) in [6, 6.07) is 7.35. The number of piperazine rings is 1. The molecule has 3 aromatic rings. The summed E-state index contributed by atoms with van der Waals surface area (Å²) in [6.07, 6.45) is 4.63. The zero-order chi connectivity index (χ0) is 17.9. The Labute approximate surface area is 149 Å². The molecule has 0 aliphatic carbocycles. The molecule has 1 aliphatic heterocycles. The Kier molecular flexibility index (Phi) is 4.18. The maximum absolute atomic E-state index is 12.7. The van der Waals surface area contributed by atoms with Crippen molar-refractivity contribution in [2.24, 2.45) is 0 Å². The number of carbonyl (C=O) groups is 1. The molecule has 1 amide bonds. The van der Waals surface area contributed by atoms with Gasteiger partial charge in [0.05, 0.1) is 18.1 Å². The van der Waals surface area contributed by atoms with Crippen LogP contribution in [-0.2, 0) is 0 Å². The SMILES string of the molecule is Nc1cncc(-c2ccc(C(=O)N3CCN(c4ncn[nH]4)CC3)cc2)n1. The van der Waals surface area contributed by atoms with Crippen LogP contribution < -0.4 is 10.6 Å². The fourth-order valence-electron chi connectivity index (χ4n) is 2.96. The molecule has 26 heavy (non-hydrogen) atoms. The number of nitrogens with two attached hydrogens (primary N) is 1. The smallest absolute Gasteiger partial charge is 0.253 e. The molecule has 0 unspecified atom stereocenters. The maximum atomic E-state index is 12.7. The molecule has 0 radical (unpaired) electrons. The molecule has 1 aliphatic rings. The number of amides is 1. The Morgan fingerprint density at radius 3 is 2.50 bits per heavy atom. The van der Waals surface area contributed by atoms with Crippen molar-refractivity contribution in [2.45, 2.75) is 0 Å². The molecule has 1 aromatic carbocycles. The van der Waals surface area contributed by atoms with Gasteiger partial charge in [0.2, 0.25) is 5.95 Å². The van der Waals surface area contributed by atoms with Crippen LogP contribution in [0.1, 0.15) is 10.4 Å². The molecule has 1 saturated heterocycles. The van der Waals surface area contributed by atoms with E-state index in [0.717, 1.165) is 24.6 Å². The average Bonchev–Trinajstić information content (AvgIpc) is 3.23. The van der Waals surface area contributed by atoms with Gasteiger partial charge in [-0.15, -0.1) is 0 Å². The number of aromatic amines is 1. The lowest BCUT2D eigenvalue weighted by molar-refractivity contribution is 0.0746. The molecule has 0 spiro atoms. The normalized spacial score (nSPS) is 14.5. The van der Waals surface area contributed by atoms with Crippen molar-refractivity contribution in [3.05, 3.63) is 48.5 Å². The van der Waals surface area contributed by atoms with Crippen LogP contribution >= 0.6 is 0 Å². The highest BCUT2D eigenvalue weighted by molar-refractivity contribution is 5.94. The van der Waals surface area contributed by atoms with Crippen molar-refractivity contribution in [2.75, 3.05) is 36.8 Å². The highest BCUT2D eigenvalue weighted by Crippen LogP contribution is 2.19. The van der Waals surface area contributed by atoms with Gasteiger partial charge < -0.3 is 15.5 Å². The molecule has 0 saturated carbocycles. The Morgan fingerprint density at radius 1 is 1.08 bits per heavy atom. The fourth-order valence-corrected chi connectivity index (χ4v) is 2.96. The third-order valence-electron chi connectivity index (χ3n) is 4.35. The number of nitrogens with one attached hydrogen (secondary N) is 1. The number of anilines is 2. The van der Waals surface area contributed by atoms with E-state index in [1.54, 1.807) is 6.20 Å². The minimum absolute atomic E-state index is 0.0208. The molecule has 0 bridgehead atoms. The van der Waals surface area contributed by atoms with Crippen LogP contribution in [-0.4, -0.2) is 62.1 Å². The van der Waals surface area contributed by atoms with Crippen molar-refractivity contribution < 1.29 is 4.79 Å². The molecular weight excluding hydrogens is 332 g/mol. The molecule has 2 aromatic heterocycles. The largest absolute Gasteiger partial charge is 0.382 e. The van der Waals surface area contributed by atoms with Crippen LogP contribution in [0.2, 0.25) is 0 Å². The zero-order valence-electron chi connectivity index (χ0n) is 14.0. The van der Waals surface area contributed by atoms with Crippen LogP contribution in [0.4, 0.5) is 11.8 Å². The second kappa shape index (κ2) is 6.79. The second-order valence-corrected chi connectivity index (χ2v) is 5.99. The molecule has 3 N–H and O–H groups in total. The molecule has 0 atom stereocenters. The Balaban J connectivity index is 1.42. The summed E-state index contributed by atoms with van der Waals surface area (Å²) in [5.41, 5.74) is 7.88. The zero-order valence-corrected chi connectivity index (χ0v) is 14.0. The van der Waals surface area contributed by atoms with Crippen molar-refractivity contribution in [1.82, 2.24) is 30.0 Å².